The first-order valence-electron chi connectivity index (χ1n) is 6.21. The summed E-state index contributed by atoms with van der Waals surface area (Å²) in [7, 11) is -3.65. The Labute approximate surface area is 121 Å². The minimum absolute atomic E-state index is 0.00565. The van der Waals surface area contributed by atoms with Gasteiger partial charge in [0.15, 0.2) is 0 Å². The molecule has 0 saturated carbocycles. The van der Waals surface area contributed by atoms with Crippen LogP contribution in [0.15, 0.2) is 41.6 Å². The summed E-state index contributed by atoms with van der Waals surface area (Å²) in [5.41, 5.74) is -0.147. The van der Waals surface area contributed by atoms with Crippen molar-refractivity contribution in [3.8, 4) is 0 Å². The van der Waals surface area contributed by atoms with Crippen LogP contribution in [0, 0.1) is 10.1 Å². The lowest BCUT2D eigenvalue weighted by Crippen LogP contribution is -2.25. The number of hydrogen-bond donors (Lipinski definition) is 2. The lowest BCUT2D eigenvalue weighted by molar-refractivity contribution is -0.384. The Morgan fingerprint density at radius 1 is 1.29 bits per heavy atom. The van der Waals surface area contributed by atoms with Gasteiger partial charge in [-0.1, -0.05) is 0 Å². The number of hydrogen-bond acceptors (Lipinski definition) is 5. The van der Waals surface area contributed by atoms with E-state index in [4.69, 9.17) is 0 Å². The number of nitro groups is 1. The number of sulfonamides is 1. The molecule has 0 aliphatic rings. The highest BCUT2D eigenvalue weighted by atomic mass is 32.2. The van der Waals surface area contributed by atoms with Crippen molar-refractivity contribution in [2.75, 3.05) is 6.54 Å². The number of rotatable bonds is 7. The van der Waals surface area contributed by atoms with E-state index in [1.807, 2.05) is 0 Å². The van der Waals surface area contributed by atoms with Gasteiger partial charge in [0.05, 0.1) is 9.82 Å². The number of imidazole rings is 1. The maximum atomic E-state index is 12.0. The molecular formula is C12H14N4O4S. The fourth-order valence-electron chi connectivity index (χ4n) is 1.73. The van der Waals surface area contributed by atoms with Gasteiger partial charge in [0.1, 0.15) is 5.82 Å². The minimum Gasteiger partial charge on any atom is -0.349 e. The molecule has 0 atom stereocenters. The summed E-state index contributed by atoms with van der Waals surface area (Å²) in [6.45, 7) is 0.264. The zero-order chi connectivity index (χ0) is 15.3. The van der Waals surface area contributed by atoms with E-state index in [0.29, 0.717) is 12.8 Å². The molecule has 0 radical (unpaired) electrons. The molecular weight excluding hydrogens is 296 g/mol. The second-order valence-corrected chi connectivity index (χ2v) is 6.06. The van der Waals surface area contributed by atoms with E-state index in [1.54, 1.807) is 12.4 Å². The fourth-order valence-corrected chi connectivity index (χ4v) is 2.80. The second kappa shape index (κ2) is 6.46. The zero-order valence-electron chi connectivity index (χ0n) is 11.0. The summed E-state index contributed by atoms with van der Waals surface area (Å²) in [5.74, 6) is 0.796. The van der Waals surface area contributed by atoms with Crippen LogP contribution in [0.3, 0.4) is 0 Å². The van der Waals surface area contributed by atoms with Crippen LogP contribution in [0.4, 0.5) is 5.69 Å². The molecule has 0 amide bonds. The summed E-state index contributed by atoms with van der Waals surface area (Å²) in [6.07, 6.45) is 4.57. The summed E-state index contributed by atoms with van der Waals surface area (Å²) in [5, 5.41) is 10.5. The molecule has 112 valence electrons. The summed E-state index contributed by atoms with van der Waals surface area (Å²) in [6, 6.07) is 4.76. The number of aromatic nitrogens is 2. The van der Waals surface area contributed by atoms with Crippen molar-refractivity contribution in [1.29, 1.82) is 0 Å². The van der Waals surface area contributed by atoms with Gasteiger partial charge in [0.25, 0.3) is 5.69 Å². The molecule has 2 N–H and O–H groups in total. The number of aromatic amines is 1. The molecule has 1 aromatic carbocycles. The highest BCUT2D eigenvalue weighted by Gasteiger charge is 2.15. The van der Waals surface area contributed by atoms with Crippen LogP contribution in [0.1, 0.15) is 12.2 Å². The molecule has 2 aromatic rings. The number of aryl methyl sites for hydroxylation is 1. The topological polar surface area (TPSA) is 118 Å². The van der Waals surface area contributed by atoms with Gasteiger partial charge in [-0.2, -0.15) is 0 Å². The van der Waals surface area contributed by atoms with E-state index in [9.17, 15) is 18.5 Å². The summed E-state index contributed by atoms with van der Waals surface area (Å²) in [4.78, 5) is 16.9. The van der Waals surface area contributed by atoms with Crippen LogP contribution in [0.5, 0.6) is 0 Å². The quantitative estimate of drug-likeness (QED) is 0.453. The summed E-state index contributed by atoms with van der Waals surface area (Å²) >= 11 is 0. The predicted octanol–water partition coefficient (Wildman–Crippen LogP) is 1.23. The van der Waals surface area contributed by atoms with Crippen molar-refractivity contribution in [3.05, 3.63) is 52.6 Å². The first-order valence-corrected chi connectivity index (χ1v) is 7.70. The first-order chi connectivity index (χ1) is 9.99. The molecule has 0 bridgehead atoms. The molecule has 0 fully saturated rings. The Morgan fingerprint density at radius 2 is 2.00 bits per heavy atom. The van der Waals surface area contributed by atoms with Crippen molar-refractivity contribution >= 4 is 15.7 Å². The van der Waals surface area contributed by atoms with Crippen LogP contribution in [-0.4, -0.2) is 29.9 Å². The molecule has 1 heterocycles. The average molecular weight is 310 g/mol. The van der Waals surface area contributed by atoms with Crippen molar-refractivity contribution in [1.82, 2.24) is 14.7 Å². The van der Waals surface area contributed by atoms with Crippen LogP contribution in [0.2, 0.25) is 0 Å². The molecule has 0 unspecified atom stereocenters. The number of non-ortho nitro benzene ring substituents is 1. The molecule has 21 heavy (non-hydrogen) atoms. The lowest BCUT2D eigenvalue weighted by Gasteiger charge is -2.06. The van der Waals surface area contributed by atoms with Gasteiger partial charge < -0.3 is 4.98 Å². The highest BCUT2D eigenvalue weighted by Crippen LogP contribution is 2.15. The third kappa shape index (κ3) is 4.10. The van der Waals surface area contributed by atoms with E-state index in [0.717, 1.165) is 18.0 Å². The third-order valence-corrected chi connectivity index (χ3v) is 4.27. The Morgan fingerprint density at radius 3 is 2.57 bits per heavy atom. The monoisotopic (exact) mass is 310 g/mol. The van der Waals surface area contributed by atoms with Crippen LogP contribution in [-0.2, 0) is 16.4 Å². The van der Waals surface area contributed by atoms with Gasteiger partial charge in [-0.25, -0.2) is 18.1 Å². The summed E-state index contributed by atoms with van der Waals surface area (Å²) < 4.78 is 26.4. The van der Waals surface area contributed by atoms with Gasteiger partial charge in [0.2, 0.25) is 10.0 Å². The maximum absolute atomic E-state index is 12.0. The Hall–Kier alpha value is -2.26. The van der Waals surface area contributed by atoms with Crippen LogP contribution >= 0.6 is 0 Å². The molecule has 0 aliphatic heterocycles. The van der Waals surface area contributed by atoms with Gasteiger partial charge >= 0.3 is 0 Å². The molecule has 1 aromatic heterocycles. The van der Waals surface area contributed by atoms with E-state index in [1.165, 1.54) is 12.1 Å². The smallest absolute Gasteiger partial charge is 0.269 e. The van der Waals surface area contributed by atoms with E-state index in [2.05, 4.69) is 14.7 Å². The normalized spacial score (nSPS) is 11.4. The molecule has 0 saturated heterocycles. The Kier molecular flexibility index (Phi) is 4.66. The highest BCUT2D eigenvalue weighted by molar-refractivity contribution is 7.89. The van der Waals surface area contributed by atoms with Crippen molar-refractivity contribution < 1.29 is 13.3 Å². The number of nitro benzene ring substituents is 1. The van der Waals surface area contributed by atoms with Crippen LogP contribution < -0.4 is 4.72 Å². The van der Waals surface area contributed by atoms with Crippen molar-refractivity contribution in [2.24, 2.45) is 0 Å². The van der Waals surface area contributed by atoms with Crippen molar-refractivity contribution in [2.45, 2.75) is 17.7 Å². The fraction of sp³-hybridized carbons (Fsp3) is 0.250. The van der Waals surface area contributed by atoms with Gasteiger partial charge in [-0.15, -0.1) is 0 Å². The molecule has 0 spiro atoms. The van der Waals surface area contributed by atoms with Crippen molar-refractivity contribution in [3.63, 3.8) is 0 Å². The molecule has 8 nitrogen and oxygen atoms in total. The van der Waals surface area contributed by atoms with Gasteiger partial charge in [-0.05, 0) is 18.6 Å². The average Bonchev–Trinajstić information content (AvgIpc) is 2.97. The molecule has 9 heteroatoms. The first kappa shape index (κ1) is 15.1. The zero-order valence-corrected chi connectivity index (χ0v) is 11.8. The van der Waals surface area contributed by atoms with E-state index < -0.39 is 14.9 Å². The lowest BCUT2D eigenvalue weighted by atomic mass is 10.3. The van der Waals surface area contributed by atoms with Crippen LogP contribution in [0.25, 0.3) is 0 Å². The number of nitrogens with one attached hydrogen (secondary N) is 2. The maximum Gasteiger partial charge on any atom is 0.269 e. The Balaban J connectivity index is 1.90. The molecule has 2 rings (SSSR count). The largest absolute Gasteiger partial charge is 0.349 e. The van der Waals surface area contributed by atoms with Gasteiger partial charge in [0, 0.05) is 37.5 Å². The second-order valence-electron chi connectivity index (χ2n) is 4.29. The number of benzene rings is 1. The van der Waals surface area contributed by atoms with Gasteiger partial charge in [-0.3, -0.25) is 10.1 Å². The number of nitrogens with zero attached hydrogens (tertiary/aromatic N) is 2. The third-order valence-electron chi connectivity index (χ3n) is 2.80. The Bertz CT molecular complexity index is 695. The number of H-pyrrole nitrogens is 1. The SMILES string of the molecule is O=[N+]([O-])c1ccc(S(=O)(=O)NCCCc2ncc[nH]2)cc1. The predicted molar refractivity (Wildman–Crippen MR) is 75.2 cm³/mol. The van der Waals surface area contributed by atoms with E-state index >= 15 is 0 Å². The minimum atomic E-state index is -3.65. The van der Waals surface area contributed by atoms with E-state index in [-0.39, 0.29) is 17.1 Å². The molecule has 0 aliphatic carbocycles. The standard InChI is InChI=1S/C12H14N4O4S/c17-16(18)10-3-5-11(6-4-10)21(19,20)15-7-1-2-12-13-8-9-14-12/h3-6,8-9,15H,1-2,7H2,(H,13,14).